The van der Waals surface area contributed by atoms with Gasteiger partial charge in [0.15, 0.2) is 0 Å². The van der Waals surface area contributed by atoms with E-state index in [0.717, 1.165) is 37.3 Å². The van der Waals surface area contributed by atoms with Gasteiger partial charge in [0, 0.05) is 31.3 Å². The summed E-state index contributed by atoms with van der Waals surface area (Å²) in [6.07, 6.45) is 4.16. The molecule has 0 bridgehead atoms. The summed E-state index contributed by atoms with van der Waals surface area (Å²) < 4.78 is 2.26. The quantitative estimate of drug-likeness (QED) is 0.875. The molecule has 0 saturated carbocycles. The van der Waals surface area contributed by atoms with Crippen LogP contribution in [0.2, 0.25) is 0 Å². The van der Waals surface area contributed by atoms with Crippen LogP contribution in [0.3, 0.4) is 0 Å². The minimum absolute atomic E-state index is 0.194. The number of imidazole rings is 1. The van der Waals surface area contributed by atoms with Crippen LogP contribution in [0.5, 0.6) is 0 Å². The molecular weight excluding hydrogens is 224 g/mol. The largest absolute Gasteiger partial charge is 0.393 e. The maximum Gasteiger partial charge on any atom is 0.113 e. The Bertz CT molecular complexity index is 559. The molecule has 1 atom stereocenters. The first kappa shape index (κ1) is 11.5. The summed E-state index contributed by atoms with van der Waals surface area (Å²) in [7, 11) is 0. The van der Waals surface area contributed by atoms with Crippen molar-refractivity contribution in [3.05, 3.63) is 53.1 Å². The molecule has 0 saturated heterocycles. The van der Waals surface area contributed by atoms with Gasteiger partial charge in [0.2, 0.25) is 0 Å². The number of aliphatic hydroxyl groups is 1. The number of benzene rings is 1. The third-order valence-corrected chi connectivity index (χ3v) is 3.60. The van der Waals surface area contributed by atoms with E-state index in [1.807, 2.05) is 6.20 Å². The molecule has 3 nitrogen and oxygen atoms in total. The molecule has 0 amide bonds. The minimum Gasteiger partial charge on any atom is -0.393 e. The SMILES string of the molecule is Cc1cccc(Cc2ncc3n2CCC(O)C3)c1. The predicted octanol–water partition coefficient (Wildman–Crippen LogP) is 2.09. The van der Waals surface area contributed by atoms with Gasteiger partial charge in [-0.2, -0.15) is 0 Å². The number of rotatable bonds is 2. The van der Waals surface area contributed by atoms with Gasteiger partial charge in [-0.05, 0) is 18.9 Å². The Hall–Kier alpha value is -1.61. The summed E-state index contributed by atoms with van der Waals surface area (Å²) >= 11 is 0. The second-order valence-electron chi connectivity index (χ2n) is 5.13. The third kappa shape index (κ3) is 2.18. The van der Waals surface area contributed by atoms with Gasteiger partial charge in [-0.25, -0.2) is 4.98 Å². The van der Waals surface area contributed by atoms with Gasteiger partial charge >= 0.3 is 0 Å². The summed E-state index contributed by atoms with van der Waals surface area (Å²) in [6, 6.07) is 8.56. The lowest BCUT2D eigenvalue weighted by Gasteiger charge is -2.21. The molecule has 18 heavy (non-hydrogen) atoms. The first-order chi connectivity index (χ1) is 8.72. The van der Waals surface area contributed by atoms with Crippen molar-refractivity contribution >= 4 is 0 Å². The molecule has 94 valence electrons. The number of fused-ring (bicyclic) bond motifs is 1. The molecule has 3 heteroatoms. The number of aryl methyl sites for hydroxylation is 1. The molecule has 2 aromatic rings. The Labute approximate surface area is 107 Å². The first-order valence-electron chi connectivity index (χ1n) is 6.49. The van der Waals surface area contributed by atoms with Gasteiger partial charge < -0.3 is 9.67 Å². The predicted molar refractivity (Wildman–Crippen MR) is 70.5 cm³/mol. The van der Waals surface area contributed by atoms with Gasteiger partial charge in [-0.1, -0.05) is 29.8 Å². The average Bonchev–Trinajstić information content (AvgIpc) is 2.72. The van der Waals surface area contributed by atoms with Crippen molar-refractivity contribution in [2.45, 2.75) is 38.8 Å². The van der Waals surface area contributed by atoms with Crippen molar-refractivity contribution in [1.82, 2.24) is 9.55 Å². The van der Waals surface area contributed by atoms with Gasteiger partial charge in [0.05, 0.1) is 6.10 Å². The number of aromatic nitrogens is 2. The van der Waals surface area contributed by atoms with Crippen molar-refractivity contribution in [2.24, 2.45) is 0 Å². The standard InChI is InChI=1S/C15H18N2O/c1-11-3-2-4-12(7-11)8-15-16-10-13-9-14(18)5-6-17(13)15/h2-4,7,10,14,18H,5-6,8-9H2,1H3. The Balaban J connectivity index is 1.86. The Morgan fingerprint density at radius 1 is 1.44 bits per heavy atom. The van der Waals surface area contributed by atoms with E-state index in [1.54, 1.807) is 0 Å². The molecule has 1 N–H and O–H groups in total. The number of nitrogens with zero attached hydrogens (tertiary/aromatic N) is 2. The zero-order valence-corrected chi connectivity index (χ0v) is 10.6. The normalized spacial score (nSPS) is 18.7. The topological polar surface area (TPSA) is 38.0 Å². The monoisotopic (exact) mass is 242 g/mol. The highest BCUT2D eigenvalue weighted by atomic mass is 16.3. The van der Waals surface area contributed by atoms with E-state index >= 15 is 0 Å². The molecule has 1 aromatic carbocycles. The second-order valence-corrected chi connectivity index (χ2v) is 5.13. The molecule has 1 aliphatic rings. The fourth-order valence-electron chi connectivity index (χ4n) is 2.66. The van der Waals surface area contributed by atoms with Gasteiger partial charge in [-0.15, -0.1) is 0 Å². The molecule has 0 spiro atoms. The molecule has 1 unspecified atom stereocenters. The van der Waals surface area contributed by atoms with E-state index in [4.69, 9.17) is 0 Å². The third-order valence-electron chi connectivity index (χ3n) is 3.60. The Morgan fingerprint density at radius 2 is 2.33 bits per heavy atom. The fourth-order valence-corrected chi connectivity index (χ4v) is 2.66. The first-order valence-corrected chi connectivity index (χ1v) is 6.49. The number of hydrogen-bond donors (Lipinski definition) is 1. The van der Waals surface area contributed by atoms with Crippen LogP contribution in [0.15, 0.2) is 30.5 Å². The Morgan fingerprint density at radius 3 is 3.17 bits per heavy atom. The van der Waals surface area contributed by atoms with Gasteiger partial charge in [0.25, 0.3) is 0 Å². The summed E-state index contributed by atoms with van der Waals surface area (Å²) in [4.78, 5) is 4.51. The summed E-state index contributed by atoms with van der Waals surface area (Å²) in [6.45, 7) is 3.00. The van der Waals surface area contributed by atoms with Crippen LogP contribution in [-0.4, -0.2) is 20.8 Å². The summed E-state index contributed by atoms with van der Waals surface area (Å²) in [5, 5.41) is 9.65. The van der Waals surface area contributed by atoms with Crippen LogP contribution in [-0.2, 0) is 19.4 Å². The smallest absolute Gasteiger partial charge is 0.113 e. The number of hydrogen-bond acceptors (Lipinski definition) is 2. The van der Waals surface area contributed by atoms with E-state index < -0.39 is 0 Å². The molecule has 3 rings (SSSR count). The van der Waals surface area contributed by atoms with E-state index in [-0.39, 0.29) is 6.10 Å². The highest BCUT2D eigenvalue weighted by molar-refractivity contribution is 5.26. The van der Waals surface area contributed by atoms with Gasteiger partial charge in [-0.3, -0.25) is 0 Å². The minimum atomic E-state index is -0.194. The van der Waals surface area contributed by atoms with Crippen LogP contribution in [0.25, 0.3) is 0 Å². The zero-order valence-electron chi connectivity index (χ0n) is 10.6. The van der Waals surface area contributed by atoms with Crippen molar-refractivity contribution in [3.8, 4) is 0 Å². The maximum absolute atomic E-state index is 9.65. The van der Waals surface area contributed by atoms with Crippen LogP contribution < -0.4 is 0 Å². The van der Waals surface area contributed by atoms with Crippen molar-refractivity contribution < 1.29 is 5.11 Å². The summed E-state index contributed by atoms with van der Waals surface area (Å²) in [5.74, 6) is 1.11. The lowest BCUT2D eigenvalue weighted by atomic mass is 10.1. The molecule has 0 aliphatic carbocycles. The zero-order chi connectivity index (χ0) is 12.5. The molecule has 2 heterocycles. The highest BCUT2D eigenvalue weighted by Crippen LogP contribution is 2.19. The van der Waals surface area contributed by atoms with Crippen LogP contribution in [0, 0.1) is 6.92 Å². The van der Waals surface area contributed by atoms with E-state index in [0.29, 0.717) is 0 Å². The molecule has 1 aromatic heterocycles. The van der Waals surface area contributed by atoms with Crippen molar-refractivity contribution in [1.29, 1.82) is 0 Å². The highest BCUT2D eigenvalue weighted by Gasteiger charge is 2.19. The average molecular weight is 242 g/mol. The molecular formula is C15H18N2O. The van der Waals surface area contributed by atoms with E-state index in [9.17, 15) is 5.11 Å². The van der Waals surface area contributed by atoms with Gasteiger partial charge in [0.1, 0.15) is 5.82 Å². The van der Waals surface area contributed by atoms with E-state index in [2.05, 4.69) is 40.7 Å². The van der Waals surface area contributed by atoms with Crippen molar-refractivity contribution in [2.75, 3.05) is 0 Å². The van der Waals surface area contributed by atoms with Crippen LogP contribution >= 0.6 is 0 Å². The molecule has 0 fully saturated rings. The lowest BCUT2D eigenvalue weighted by molar-refractivity contribution is 0.143. The van der Waals surface area contributed by atoms with Crippen LogP contribution in [0.1, 0.15) is 29.1 Å². The second kappa shape index (κ2) is 4.58. The Kier molecular flexibility index (Phi) is 2.92. The maximum atomic E-state index is 9.65. The van der Waals surface area contributed by atoms with Crippen molar-refractivity contribution in [3.63, 3.8) is 0 Å². The summed E-state index contributed by atoms with van der Waals surface area (Å²) in [5.41, 5.74) is 3.75. The molecule has 1 aliphatic heterocycles. The van der Waals surface area contributed by atoms with E-state index in [1.165, 1.54) is 11.1 Å². The number of aliphatic hydroxyl groups excluding tert-OH is 1. The fraction of sp³-hybridized carbons (Fsp3) is 0.400. The lowest BCUT2D eigenvalue weighted by Crippen LogP contribution is -2.23. The molecule has 0 radical (unpaired) electrons. The van der Waals surface area contributed by atoms with Crippen LogP contribution in [0.4, 0.5) is 0 Å².